The third-order valence-electron chi connectivity index (χ3n) is 5.34. The maximum Gasteiger partial charge on any atom is 0.257 e. The van der Waals surface area contributed by atoms with Crippen LogP contribution in [0.1, 0.15) is 18.4 Å². The molecule has 9 heteroatoms. The lowest BCUT2D eigenvalue weighted by Gasteiger charge is -2.31. The Kier molecular flexibility index (Phi) is 4.52. The highest BCUT2D eigenvalue weighted by molar-refractivity contribution is 6.31. The molecule has 0 aliphatic heterocycles. The van der Waals surface area contributed by atoms with Crippen molar-refractivity contribution in [1.29, 1.82) is 0 Å². The Labute approximate surface area is 180 Å². The summed E-state index contributed by atoms with van der Waals surface area (Å²) in [5, 5.41) is 8.40. The van der Waals surface area contributed by atoms with E-state index in [-0.39, 0.29) is 23.8 Å². The van der Waals surface area contributed by atoms with Crippen molar-refractivity contribution in [2.24, 2.45) is 5.92 Å². The zero-order valence-electron chi connectivity index (χ0n) is 16.3. The van der Waals surface area contributed by atoms with Crippen molar-refractivity contribution in [2.45, 2.75) is 18.8 Å². The molecule has 5 rings (SSSR count). The summed E-state index contributed by atoms with van der Waals surface area (Å²) in [5.74, 6) is 3.26. The van der Waals surface area contributed by atoms with Gasteiger partial charge in [-0.1, -0.05) is 29.5 Å². The van der Waals surface area contributed by atoms with Gasteiger partial charge >= 0.3 is 0 Å². The third kappa shape index (κ3) is 3.55. The van der Waals surface area contributed by atoms with E-state index in [2.05, 4.69) is 27.0 Å². The van der Waals surface area contributed by atoms with Crippen LogP contribution in [-0.4, -0.2) is 32.6 Å². The average Bonchev–Trinajstić information content (AvgIpc) is 3.19. The molecule has 0 spiro atoms. The summed E-state index contributed by atoms with van der Waals surface area (Å²) in [6.45, 7) is 0. The smallest absolute Gasteiger partial charge is 0.257 e. The normalized spacial score (nSPS) is 15.5. The van der Waals surface area contributed by atoms with E-state index < -0.39 is 11.7 Å². The van der Waals surface area contributed by atoms with E-state index >= 15 is 0 Å². The van der Waals surface area contributed by atoms with Crippen LogP contribution in [0.2, 0.25) is 5.02 Å². The molecule has 2 aromatic carbocycles. The van der Waals surface area contributed by atoms with E-state index in [1.54, 1.807) is 16.3 Å². The molecule has 0 saturated heterocycles. The van der Waals surface area contributed by atoms with Crippen molar-refractivity contribution < 1.29 is 13.2 Å². The maximum atomic E-state index is 14.3. The van der Waals surface area contributed by atoms with Gasteiger partial charge in [0.2, 0.25) is 0 Å². The van der Waals surface area contributed by atoms with Gasteiger partial charge in [-0.25, -0.2) is 13.2 Å². The minimum absolute atomic E-state index is 0.0128. The number of hydrogen-bond donors (Lipinski definition) is 0. The van der Waals surface area contributed by atoms with Gasteiger partial charge in [0.15, 0.2) is 0 Å². The Morgan fingerprint density at radius 3 is 2.81 bits per heavy atom. The van der Waals surface area contributed by atoms with Gasteiger partial charge in [-0.2, -0.15) is 4.98 Å². The Morgan fingerprint density at radius 2 is 2.03 bits per heavy atom. The number of halogens is 4. The van der Waals surface area contributed by atoms with Gasteiger partial charge < -0.3 is 4.90 Å². The molecule has 0 N–H and O–H groups in total. The number of fused-ring (bicyclic) bond motifs is 3. The van der Waals surface area contributed by atoms with Crippen LogP contribution in [0.15, 0.2) is 42.7 Å². The zero-order chi connectivity index (χ0) is 21.8. The Morgan fingerprint density at radius 1 is 1.23 bits per heavy atom. The van der Waals surface area contributed by atoms with Crippen LogP contribution in [0.25, 0.3) is 16.7 Å². The number of aromatic nitrogens is 4. The van der Waals surface area contributed by atoms with Gasteiger partial charge in [-0.15, -0.1) is 10.2 Å². The molecule has 0 unspecified atom stereocenters. The minimum atomic E-state index is -2.59. The van der Waals surface area contributed by atoms with Crippen molar-refractivity contribution in [3.05, 3.63) is 59.1 Å². The fourth-order valence-electron chi connectivity index (χ4n) is 3.66. The van der Waals surface area contributed by atoms with Crippen molar-refractivity contribution in [1.82, 2.24) is 19.6 Å². The summed E-state index contributed by atoms with van der Waals surface area (Å²) in [5.41, 5.74) is 2.06. The van der Waals surface area contributed by atoms with E-state index in [4.69, 9.17) is 11.6 Å². The molecule has 0 bridgehead atoms. The van der Waals surface area contributed by atoms with Gasteiger partial charge in [-0.3, -0.25) is 4.40 Å². The fourth-order valence-corrected chi connectivity index (χ4v) is 3.82. The highest BCUT2D eigenvalue weighted by Crippen LogP contribution is 2.42. The van der Waals surface area contributed by atoms with Crippen molar-refractivity contribution >= 4 is 39.8 Å². The summed E-state index contributed by atoms with van der Waals surface area (Å²) < 4.78 is 41.9. The Balaban J connectivity index is 1.55. The highest BCUT2D eigenvalue weighted by Gasteiger charge is 2.44. The van der Waals surface area contributed by atoms with Crippen molar-refractivity contribution in [3.63, 3.8) is 0 Å². The lowest BCUT2D eigenvalue weighted by atomic mass is 9.82. The summed E-state index contributed by atoms with van der Waals surface area (Å²) >= 11 is 5.99. The van der Waals surface area contributed by atoms with Gasteiger partial charge in [0.1, 0.15) is 18.0 Å². The molecule has 156 valence electrons. The molecule has 1 saturated carbocycles. The van der Waals surface area contributed by atoms with E-state index in [1.807, 2.05) is 24.3 Å². The lowest BCUT2D eigenvalue weighted by Crippen LogP contribution is -2.34. The largest absolute Gasteiger partial charge is 0.329 e. The molecule has 4 aromatic rings. The van der Waals surface area contributed by atoms with E-state index in [1.165, 1.54) is 18.5 Å². The lowest BCUT2D eigenvalue weighted by molar-refractivity contribution is -0.0936. The van der Waals surface area contributed by atoms with Gasteiger partial charge in [0, 0.05) is 42.4 Å². The molecule has 2 aromatic heterocycles. The summed E-state index contributed by atoms with van der Waals surface area (Å²) in [6, 6.07) is 10.2. The minimum Gasteiger partial charge on any atom is -0.329 e. The number of hydrogen-bond acceptors (Lipinski definition) is 4. The summed E-state index contributed by atoms with van der Waals surface area (Å²) in [4.78, 5) is 6.32. The van der Waals surface area contributed by atoms with E-state index in [0.29, 0.717) is 28.1 Å². The van der Waals surface area contributed by atoms with Crippen molar-refractivity contribution in [3.8, 4) is 11.8 Å². The van der Waals surface area contributed by atoms with Crippen LogP contribution in [0, 0.1) is 23.6 Å². The molecule has 0 atom stereocenters. The number of nitrogens with zero attached hydrogens (tertiary/aromatic N) is 5. The monoisotopic (exact) mass is 441 g/mol. The SMILES string of the molecule is CN(c1cccc(C#CC2CC(F)(F)C2)c1)c1nc2nncn2c2cc(Cl)c(F)cc12. The van der Waals surface area contributed by atoms with Crippen LogP contribution in [0.4, 0.5) is 24.7 Å². The quantitative estimate of drug-likeness (QED) is 0.399. The summed E-state index contributed by atoms with van der Waals surface area (Å²) in [6.07, 6.45) is 1.10. The first-order valence-electron chi connectivity index (χ1n) is 9.52. The summed E-state index contributed by atoms with van der Waals surface area (Å²) in [7, 11) is 1.79. The predicted octanol–water partition coefficient (Wildman–Crippen LogP) is 5.23. The topological polar surface area (TPSA) is 46.3 Å². The average molecular weight is 442 g/mol. The molecule has 1 aliphatic carbocycles. The molecule has 0 radical (unpaired) electrons. The molecule has 5 nitrogen and oxygen atoms in total. The second-order valence-electron chi connectivity index (χ2n) is 7.56. The van der Waals surface area contributed by atoms with Crippen LogP contribution < -0.4 is 4.90 Å². The van der Waals surface area contributed by atoms with Crippen molar-refractivity contribution in [2.75, 3.05) is 11.9 Å². The number of anilines is 2. The van der Waals surface area contributed by atoms with E-state index in [9.17, 15) is 13.2 Å². The number of benzene rings is 2. The first-order chi connectivity index (χ1) is 14.8. The Hall–Kier alpha value is -3.31. The Bertz CT molecular complexity index is 1380. The highest BCUT2D eigenvalue weighted by atomic mass is 35.5. The van der Waals surface area contributed by atoms with Crippen LogP contribution in [-0.2, 0) is 0 Å². The van der Waals surface area contributed by atoms with Crippen LogP contribution >= 0.6 is 11.6 Å². The molecular formula is C22H15ClF3N5. The van der Waals surface area contributed by atoms with Gasteiger partial charge in [-0.05, 0) is 30.3 Å². The zero-order valence-corrected chi connectivity index (χ0v) is 17.0. The van der Waals surface area contributed by atoms with Gasteiger partial charge in [0.25, 0.3) is 11.7 Å². The van der Waals surface area contributed by atoms with Crippen LogP contribution in [0.3, 0.4) is 0 Å². The maximum absolute atomic E-state index is 14.3. The van der Waals surface area contributed by atoms with Gasteiger partial charge in [0.05, 0.1) is 10.5 Å². The second kappa shape index (κ2) is 7.13. The molecule has 1 fully saturated rings. The molecule has 2 heterocycles. The molecule has 31 heavy (non-hydrogen) atoms. The standard InChI is InChI=1S/C22H15ClF3N5/c1-30(15-4-2-3-13(7-15)5-6-14-10-22(25,26)11-14)20-16-8-18(24)17(23)9-19(16)31-12-27-29-21(31)28-20/h2-4,7-9,12,14H,10-11H2,1H3. The fraction of sp³-hybridized carbons (Fsp3) is 0.227. The second-order valence-corrected chi connectivity index (χ2v) is 7.97. The number of alkyl halides is 2. The first kappa shape index (κ1) is 19.6. The third-order valence-corrected chi connectivity index (χ3v) is 5.63. The molecule has 0 amide bonds. The van der Waals surface area contributed by atoms with E-state index in [0.717, 1.165) is 5.69 Å². The number of rotatable bonds is 2. The first-order valence-corrected chi connectivity index (χ1v) is 9.90. The van der Waals surface area contributed by atoms with Crippen LogP contribution in [0.5, 0.6) is 0 Å². The molecular weight excluding hydrogens is 427 g/mol. The predicted molar refractivity (Wildman–Crippen MR) is 112 cm³/mol. The molecule has 1 aliphatic rings.